The van der Waals surface area contributed by atoms with Gasteiger partial charge in [0, 0.05) is 29.6 Å². The topological polar surface area (TPSA) is 29.9 Å². The van der Waals surface area contributed by atoms with Gasteiger partial charge >= 0.3 is 0 Å². The number of hydrogen-bond acceptors (Lipinski definition) is 2. The third kappa shape index (κ3) is 1.90. The molecule has 2 aromatic rings. The molecule has 0 saturated carbocycles. The number of aromatic nitrogens is 2. The number of hydrogen-bond donors (Lipinski definition) is 1. The van der Waals surface area contributed by atoms with Crippen molar-refractivity contribution in [2.75, 3.05) is 12.4 Å². The Balaban J connectivity index is 2.50. The van der Waals surface area contributed by atoms with Crippen molar-refractivity contribution >= 4 is 21.9 Å². The zero-order valence-corrected chi connectivity index (χ0v) is 10.2. The number of halogens is 1. The van der Waals surface area contributed by atoms with Crippen LogP contribution in [0.1, 0.15) is 5.56 Å². The highest BCUT2D eigenvalue weighted by molar-refractivity contribution is 9.10. The van der Waals surface area contributed by atoms with Crippen LogP contribution in [0.3, 0.4) is 0 Å². The van der Waals surface area contributed by atoms with E-state index in [2.05, 4.69) is 45.3 Å². The largest absolute Gasteiger partial charge is 0.358 e. The van der Waals surface area contributed by atoms with Crippen LogP contribution in [0.2, 0.25) is 0 Å². The minimum atomic E-state index is 0.844. The van der Waals surface area contributed by atoms with Gasteiger partial charge in [0.2, 0.25) is 5.95 Å². The molecular formula is C11H12BrN3. The number of anilines is 1. The maximum absolute atomic E-state index is 4.20. The predicted molar refractivity (Wildman–Crippen MR) is 65.5 cm³/mol. The van der Waals surface area contributed by atoms with E-state index in [1.54, 1.807) is 6.20 Å². The number of imidazole rings is 1. The van der Waals surface area contributed by atoms with Gasteiger partial charge in [-0.05, 0) is 30.7 Å². The molecule has 0 aliphatic rings. The molecular weight excluding hydrogens is 254 g/mol. The monoisotopic (exact) mass is 265 g/mol. The minimum absolute atomic E-state index is 0.844. The first kappa shape index (κ1) is 10.2. The van der Waals surface area contributed by atoms with Crippen molar-refractivity contribution in [1.82, 2.24) is 9.55 Å². The van der Waals surface area contributed by atoms with Gasteiger partial charge in [-0.3, -0.25) is 4.57 Å². The Bertz CT molecular complexity index is 476. The smallest absolute Gasteiger partial charge is 0.207 e. The Morgan fingerprint density at radius 3 is 2.87 bits per heavy atom. The minimum Gasteiger partial charge on any atom is -0.358 e. The van der Waals surface area contributed by atoms with Crippen LogP contribution in [0.4, 0.5) is 5.95 Å². The molecule has 0 amide bonds. The molecule has 2 rings (SSSR count). The summed E-state index contributed by atoms with van der Waals surface area (Å²) < 4.78 is 3.14. The van der Waals surface area contributed by atoms with E-state index in [0.717, 1.165) is 16.1 Å². The Labute approximate surface area is 97.3 Å². The predicted octanol–water partition coefficient (Wildman–Crippen LogP) is 2.98. The maximum atomic E-state index is 4.20. The molecule has 4 heteroatoms. The fourth-order valence-electron chi connectivity index (χ4n) is 1.48. The molecule has 1 aromatic carbocycles. The number of rotatable bonds is 2. The van der Waals surface area contributed by atoms with Crippen LogP contribution in [-0.4, -0.2) is 16.6 Å². The van der Waals surface area contributed by atoms with Crippen molar-refractivity contribution in [3.8, 4) is 5.69 Å². The summed E-state index contributed by atoms with van der Waals surface area (Å²) in [7, 11) is 1.87. The lowest BCUT2D eigenvalue weighted by Crippen LogP contribution is -2.00. The highest BCUT2D eigenvalue weighted by atomic mass is 79.9. The molecule has 1 heterocycles. The second-order valence-electron chi connectivity index (χ2n) is 3.30. The number of nitrogens with zero attached hydrogens (tertiary/aromatic N) is 2. The molecule has 0 radical (unpaired) electrons. The van der Waals surface area contributed by atoms with E-state index >= 15 is 0 Å². The summed E-state index contributed by atoms with van der Waals surface area (Å²) in [5.74, 6) is 0.844. The quantitative estimate of drug-likeness (QED) is 0.905. The van der Waals surface area contributed by atoms with E-state index in [-0.39, 0.29) is 0 Å². The molecule has 15 heavy (non-hydrogen) atoms. The lowest BCUT2D eigenvalue weighted by atomic mass is 10.2. The van der Waals surface area contributed by atoms with Crippen molar-refractivity contribution in [2.45, 2.75) is 6.92 Å². The van der Waals surface area contributed by atoms with Gasteiger partial charge in [0.15, 0.2) is 0 Å². The van der Waals surface area contributed by atoms with Crippen LogP contribution in [-0.2, 0) is 0 Å². The first-order valence-corrected chi connectivity index (χ1v) is 5.49. The molecule has 0 saturated heterocycles. The molecule has 0 atom stereocenters. The zero-order chi connectivity index (χ0) is 10.8. The second-order valence-corrected chi connectivity index (χ2v) is 4.16. The summed E-state index contributed by atoms with van der Waals surface area (Å²) in [5.41, 5.74) is 2.32. The zero-order valence-electron chi connectivity index (χ0n) is 8.66. The Hall–Kier alpha value is -1.29. The van der Waals surface area contributed by atoms with Gasteiger partial charge < -0.3 is 5.32 Å². The molecule has 1 aromatic heterocycles. The summed E-state index contributed by atoms with van der Waals surface area (Å²) in [6.07, 6.45) is 3.72. The van der Waals surface area contributed by atoms with Crippen LogP contribution in [0.15, 0.2) is 35.1 Å². The average molecular weight is 266 g/mol. The third-order valence-corrected chi connectivity index (χ3v) is 3.17. The summed E-state index contributed by atoms with van der Waals surface area (Å²) in [4.78, 5) is 4.20. The van der Waals surface area contributed by atoms with Gasteiger partial charge in [-0.15, -0.1) is 0 Å². The van der Waals surface area contributed by atoms with Crippen molar-refractivity contribution in [3.05, 3.63) is 40.6 Å². The summed E-state index contributed by atoms with van der Waals surface area (Å²) in [6, 6.07) is 6.22. The maximum Gasteiger partial charge on any atom is 0.207 e. The standard InChI is InChI=1S/C11H12BrN3/c1-8-7-9(3-4-10(8)12)15-6-5-14-11(15)13-2/h3-7H,1-2H3,(H,13,14). The average Bonchev–Trinajstić information content (AvgIpc) is 2.70. The molecule has 1 N–H and O–H groups in total. The SMILES string of the molecule is CNc1nccn1-c1ccc(Br)c(C)c1. The number of nitrogens with one attached hydrogen (secondary N) is 1. The highest BCUT2D eigenvalue weighted by Crippen LogP contribution is 2.21. The Morgan fingerprint density at radius 1 is 1.40 bits per heavy atom. The first-order valence-electron chi connectivity index (χ1n) is 4.70. The van der Waals surface area contributed by atoms with Gasteiger partial charge in [0.25, 0.3) is 0 Å². The molecule has 0 bridgehead atoms. The van der Waals surface area contributed by atoms with E-state index < -0.39 is 0 Å². The van der Waals surface area contributed by atoms with E-state index in [9.17, 15) is 0 Å². The van der Waals surface area contributed by atoms with Crippen molar-refractivity contribution in [1.29, 1.82) is 0 Å². The van der Waals surface area contributed by atoms with Crippen molar-refractivity contribution in [2.24, 2.45) is 0 Å². The van der Waals surface area contributed by atoms with Crippen LogP contribution in [0.25, 0.3) is 5.69 Å². The van der Waals surface area contributed by atoms with E-state index in [1.807, 2.05) is 23.9 Å². The van der Waals surface area contributed by atoms with Crippen molar-refractivity contribution < 1.29 is 0 Å². The summed E-state index contributed by atoms with van der Waals surface area (Å²) >= 11 is 3.49. The number of aryl methyl sites for hydroxylation is 1. The lowest BCUT2D eigenvalue weighted by Gasteiger charge is -2.08. The molecule has 0 aliphatic heterocycles. The Kier molecular flexibility index (Phi) is 2.77. The number of benzene rings is 1. The second kappa shape index (κ2) is 4.06. The van der Waals surface area contributed by atoms with Gasteiger partial charge in [0.1, 0.15) is 0 Å². The first-order chi connectivity index (χ1) is 7.22. The van der Waals surface area contributed by atoms with E-state index in [4.69, 9.17) is 0 Å². The van der Waals surface area contributed by atoms with Crippen LogP contribution < -0.4 is 5.32 Å². The van der Waals surface area contributed by atoms with Crippen LogP contribution in [0, 0.1) is 6.92 Å². The lowest BCUT2D eigenvalue weighted by molar-refractivity contribution is 1.05. The van der Waals surface area contributed by atoms with Gasteiger partial charge in [0.05, 0.1) is 0 Å². The van der Waals surface area contributed by atoms with Crippen LogP contribution in [0.5, 0.6) is 0 Å². The van der Waals surface area contributed by atoms with Gasteiger partial charge in [-0.1, -0.05) is 15.9 Å². The molecule has 0 unspecified atom stereocenters. The molecule has 0 spiro atoms. The fourth-order valence-corrected chi connectivity index (χ4v) is 1.72. The molecule has 0 fully saturated rings. The summed E-state index contributed by atoms with van der Waals surface area (Å²) in [5, 5.41) is 3.05. The Morgan fingerprint density at radius 2 is 2.20 bits per heavy atom. The molecule has 0 aliphatic carbocycles. The normalized spacial score (nSPS) is 10.3. The third-order valence-electron chi connectivity index (χ3n) is 2.28. The van der Waals surface area contributed by atoms with Crippen LogP contribution >= 0.6 is 15.9 Å². The molecule has 3 nitrogen and oxygen atoms in total. The van der Waals surface area contributed by atoms with E-state index in [1.165, 1.54) is 5.56 Å². The van der Waals surface area contributed by atoms with E-state index in [0.29, 0.717) is 0 Å². The highest BCUT2D eigenvalue weighted by Gasteiger charge is 2.03. The van der Waals surface area contributed by atoms with Crippen molar-refractivity contribution in [3.63, 3.8) is 0 Å². The fraction of sp³-hybridized carbons (Fsp3) is 0.182. The van der Waals surface area contributed by atoms with Gasteiger partial charge in [-0.2, -0.15) is 0 Å². The summed E-state index contributed by atoms with van der Waals surface area (Å²) in [6.45, 7) is 2.07. The van der Waals surface area contributed by atoms with Gasteiger partial charge in [-0.25, -0.2) is 4.98 Å². The molecule has 78 valence electrons.